The van der Waals surface area contributed by atoms with Crippen LogP contribution < -0.4 is 24.3 Å². The molecule has 0 saturated carbocycles. The largest absolute Gasteiger partial charge is 0.493 e. The van der Waals surface area contributed by atoms with Crippen LogP contribution in [0, 0.1) is 0 Å². The minimum absolute atomic E-state index is 0.505. The average molecular weight is 571 g/mol. The Kier molecular flexibility index (Phi) is 7.83. The fraction of sp³-hybridized carbons (Fsp3) is 0.323. The van der Waals surface area contributed by atoms with Crippen molar-refractivity contribution in [1.82, 2.24) is 24.5 Å². The first-order chi connectivity index (χ1) is 20.6. The van der Waals surface area contributed by atoms with Gasteiger partial charge in [-0.15, -0.1) is 5.10 Å². The summed E-state index contributed by atoms with van der Waals surface area (Å²) in [4.78, 5) is 12.1. The molecule has 0 unspecified atom stereocenters. The van der Waals surface area contributed by atoms with E-state index < -0.39 is 0 Å². The quantitative estimate of drug-likeness (QED) is 0.255. The van der Waals surface area contributed by atoms with Gasteiger partial charge in [0.2, 0.25) is 11.8 Å². The van der Waals surface area contributed by atoms with Crippen LogP contribution in [0.5, 0.6) is 23.0 Å². The molecule has 0 atom stereocenters. The van der Waals surface area contributed by atoms with Crippen LogP contribution in [-0.2, 0) is 25.9 Å². The summed E-state index contributed by atoms with van der Waals surface area (Å²) in [6, 6.07) is 13.7. The highest BCUT2D eigenvalue weighted by molar-refractivity contribution is 5.58. The molecule has 0 radical (unpaired) electrons. The highest BCUT2D eigenvalue weighted by Crippen LogP contribution is 2.33. The number of hydrogen-bond donors (Lipinski definition) is 1. The van der Waals surface area contributed by atoms with Crippen LogP contribution in [0.25, 0.3) is 17.2 Å². The van der Waals surface area contributed by atoms with Crippen molar-refractivity contribution in [3.63, 3.8) is 0 Å². The second kappa shape index (κ2) is 12.0. The van der Waals surface area contributed by atoms with Gasteiger partial charge in [-0.3, -0.25) is 4.90 Å². The molecule has 0 bridgehead atoms. The van der Waals surface area contributed by atoms with Crippen molar-refractivity contribution in [2.24, 2.45) is 0 Å². The van der Waals surface area contributed by atoms with Crippen LogP contribution in [0.1, 0.15) is 22.3 Å². The van der Waals surface area contributed by atoms with E-state index in [9.17, 15) is 0 Å². The van der Waals surface area contributed by atoms with E-state index in [4.69, 9.17) is 38.4 Å². The molecule has 0 aliphatic carbocycles. The van der Waals surface area contributed by atoms with E-state index >= 15 is 0 Å². The van der Waals surface area contributed by atoms with Gasteiger partial charge in [-0.2, -0.15) is 4.52 Å². The lowest BCUT2D eigenvalue weighted by molar-refractivity contribution is 0.279. The number of hydrogen-bond acceptors (Lipinski definition) is 10. The molecule has 11 nitrogen and oxygen atoms in total. The number of ether oxygens (including phenoxy) is 4. The number of anilines is 1. The topological polar surface area (TPSA) is 108 Å². The summed E-state index contributed by atoms with van der Waals surface area (Å²) in [6.45, 7) is 2.99. The van der Waals surface area contributed by atoms with Gasteiger partial charge in [0.25, 0.3) is 0 Å². The summed E-state index contributed by atoms with van der Waals surface area (Å²) in [5, 5.41) is 8.18. The summed E-state index contributed by atoms with van der Waals surface area (Å²) in [7, 11) is 6.60. The van der Waals surface area contributed by atoms with Crippen molar-refractivity contribution < 1.29 is 23.4 Å². The normalized spacial score (nSPS) is 13.4. The van der Waals surface area contributed by atoms with Crippen molar-refractivity contribution in [2.75, 3.05) is 46.8 Å². The first-order valence-corrected chi connectivity index (χ1v) is 13.8. The van der Waals surface area contributed by atoms with Gasteiger partial charge < -0.3 is 28.7 Å². The first-order valence-electron chi connectivity index (χ1n) is 13.8. The Morgan fingerprint density at radius 3 is 2.19 bits per heavy atom. The SMILES string of the molecule is COc1ccc(CNc2ncc(CN3CCc4cc(OC)c(OC)cc4CC3)c3nc(-c4ccco4)nn23)cc1OC. The van der Waals surface area contributed by atoms with Crippen LogP contribution in [0.4, 0.5) is 5.95 Å². The Labute approximate surface area is 244 Å². The molecule has 1 aliphatic heterocycles. The molecule has 2 aromatic carbocycles. The van der Waals surface area contributed by atoms with E-state index in [1.54, 1.807) is 39.2 Å². The molecular weight excluding hydrogens is 536 g/mol. The van der Waals surface area contributed by atoms with Crippen LogP contribution >= 0.6 is 0 Å². The number of nitrogens with zero attached hydrogens (tertiary/aromatic N) is 5. The van der Waals surface area contributed by atoms with Crippen LogP contribution in [-0.4, -0.2) is 66.0 Å². The second-order valence-corrected chi connectivity index (χ2v) is 10.1. The van der Waals surface area contributed by atoms with Crippen LogP contribution in [0.2, 0.25) is 0 Å². The zero-order valence-electron chi connectivity index (χ0n) is 24.2. The van der Waals surface area contributed by atoms with Crippen molar-refractivity contribution >= 4 is 11.6 Å². The van der Waals surface area contributed by atoms with Crippen molar-refractivity contribution in [2.45, 2.75) is 25.9 Å². The third-order valence-electron chi connectivity index (χ3n) is 7.57. The number of fused-ring (bicyclic) bond motifs is 2. The summed E-state index contributed by atoms with van der Waals surface area (Å²) >= 11 is 0. The predicted molar refractivity (Wildman–Crippen MR) is 158 cm³/mol. The maximum atomic E-state index is 5.61. The van der Waals surface area contributed by atoms with Crippen molar-refractivity contribution in [3.05, 3.63) is 77.2 Å². The lowest BCUT2D eigenvalue weighted by atomic mass is 10.0. The molecule has 0 amide bonds. The number of furan rings is 1. The van der Waals surface area contributed by atoms with E-state index in [-0.39, 0.29) is 0 Å². The van der Waals surface area contributed by atoms with Crippen molar-refractivity contribution in [3.8, 4) is 34.6 Å². The first kappa shape index (κ1) is 27.4. The number of rotatable bonds is 10. The number of aromatic nitrogens is 4. The summed E-state index contributed by atoms with van der Waals surface area (Å²) < 4.78 is 29.3. The maximum absolute atomic E-state index is 5.61. The maximum Gasteiger partial charge on any atom is 0.226 e. The van der Waals surface area contributed by atoms with E-state index in [1.807, 2.05) is 36.5 Å². The molecule has 0 fully saturated rings. The molecule has 1 aliphatic rings. The van der Waals surface area contributed by atoms with Gasteiger partial charge >= 0.3 is 0 Å². The molecule has 0 spiro atoms. The molecule has 5 aromatic rings. The lowest BCUT2D eigenvalue weighted by Crippen LogP contribution is -2.26. The number of nitrogens with one attached hydrogen (secondary N) is 1. The third kappa shape index (κ3) is 5.42. The molecule has 6 rings (SSSR count). The van der Waals surface area contributed by atoms with Gasteiger partial charge in [0.15, 0.2) is 34.4 Å². The lowest BCUT2D eigenvalue weighted by Gasteiger charge is -2.20. The Bertz CT molecular complexity index is 1650. The molecule has 1 N–H and O–H groups in total. The fourth-order valence-electron chi connectivity index (χ4n) is 5.33. The monoisotopic (exact) mass is 570 g/mol. The zero-order chi connectivity index (χ0) is 29.1. The van der Waals surface area contributed by atoms with Gasteiger partial charge in [-0.05, 0) is 65.9 Å². The second-order valence-electron chi connectivity index (χ2n) is 10.1. The summed E-state index contributed by atoms with van der Waals surface area (Å²) in [5.41, 5.74) is 5.30. The Balaban J connectivity index is 1.26. The minimum atomic E-state index is 0.505. The van der Waals surface area contributed by atoms with Gasteiger partial charge in [-0.1, -0.05) is 6.07 Å². The minimum Gasteiger partial charge on any atom is -0.493 e. The van der Waals surface area contributed by atoms with E-state index in [2.05, 4.69) is 22.3 Å². The highest BCUT2D eigenvalue weighted by atomic mass is 16.5. The molecule has 4 heterocycles. The summed E-state index contributed by atoms with van der Waals surface area (Å²) in [6.07, 6.45) is 5.33. The van der Waals surface area contributed by atoms with Gasteiger partial charge in [0.05, 0.1) is 34.7 Å². The molecule has 0 saturated heterocycles. The Morgan fingerprint density at radius 2 is 1.55 bits per heavy atom. The van der Waals surface area contributed by atoms with Gasteiger partial charge in [-0.25, -0.2) is 9.97 Å². The Morgan fingerprint density at radius 1 is 0.857 bits per heavy atom. The predicted octanol–water partition coefficient (Wildman–Crippen LogP) is 4.63. The molecular formula is C31H34N6O5. The molecule has 3 aromatic heterocycles. The average Bonchev–Trinajstić information content (AvgIpc) is 3.68. The van der Waals surface area contributed by atoms with Crippen LogP contribution in [0.3, 0.4) is 0 Å². The van der Waals surface area contributed by atoms with Crippen molar-refractivity contribution in [1.29, 1.82) is 0 Å². The third-order valence-corrected chi connectivity index (χ3v) is 7.57. The number of benzene rings is 2. The van der Waals surface area contributed by atoms with E-state index in [0.717, 1.165) is 54.2 Å². The van der Waals surface area contributed by atoms with Crippen LogP contribution in [0.15, 0.2) is 59.3 Å². The van der Waals surface area contributed by atoms with E-state index in [0.29, 0.717) is 42.1 Å². The standard InChI is InChI=1S/C31H34N6O5/c1-38-24-8-7-20(14-26(24)39-2)17-32-31-33-18-23(30-34-29(35-37(30)31)25-6-5-13-42-25)19-36-11-9-21-15-27(40-3)28(41-4)16-22(21)10-12-36/h5-8,13-16,18H,9-12,17,19H2,1-4H3,(H,32,33). The van der Waals surface area contributed by atoms with Gasteiger partial charge in [0, 0.05) is 37.9 Å². The summed E-state index contributed by atoms with van der Waals surface area (Å²) in [5.74, 6) is 4.56. The van der Waals surface area contributed by atoms with E-state index in [1.165, 1.54) is 11.1 Å². The molecule has 218 valence electrons. The molecule has 42 heavy (non-hydrogen) atoms. The Hall–Kier alpha value is -4.77. The zero-order valence-corrected chi connectivity index (χ0v) is 24.2. The fourth-order valence-corrected chi connectivity index (χ4v) is 5.33. The molecule has 11 heteroatoms. The van der Waals surface area contributed by atoms with Gasteiger partial charge in [0.1, 0.15) is 0 Å². The number of methoxy groups -OCH3 is 4. The highest BCUT2D eigenvalue weighted by Gasteiger charge is 2.21. The smallest absolute Gasteiger partial charge is 0.226 e.